The van der Waals surface area contributed by atoms with Crippen molar-refractivity contribution in [2.45, 2.75) is 103 Å². The van der Waals surface area contributed by atoms with Crippen LogP contribution in [0, 0.1) is 39.5 Å². The molecule has 0 unspecified atom stereocenters. The molecule has 332 valence electrons. The maximum atomic E-state index is 13.4. The van der Waals surface area contributed by atoms with Crippen molar-refractivity contribution in [3.05, 3.63) is 95.1 Å². The van der Waals surface area contributed by atoms with Crippen molar-refractivity contribution in [2.75, 3.05) is 39.4 Å². The Bertz CT molecular complexity index is 2380. The van der Waals surface area contributed by atoms with Gasteiger partial charge in [0.2, 0.25) is 20.0 Å². The Kier molecular flexibility index (Phi) is 17.9. The molecule has 4 rings (SSSR count). The van der Waals surface area contributed by atoms with E-state index in [-0.39, 0.29) is 55.8 Å². The number of sulfonamides is 2. The predicted molar refractivity (Wildman–Crippen MR) is 239 cm³/mol. The second-order valence-corrected chi connectivity index (χ2v) is 22.4. The Morgan fingerprint density at radius 3 is 0.883 bits per heavy atom. The van der Waals surface area contributed by atoms with E-state index in [1.165, 1.54) is 20.7 Å². The molecule has 0 N–H and O–H groups in total. The molecule has 0 bridgehead atoms. The quantitative estimate of drug-likeness (QED) is 0.0884. The Labute approximate surface area is 360 Å². The maximum Gasteiger partial charge on any atom is 0.297 e. The SMILES string of the molecule is CCN(CC)S(=O)(=O)c1cc(C)ccc1-c1ccc(C)cc1S(=O)(=O)N(CC)CC.Cc1ccc(-c2ccc(C)cc2S(=O)(=O)OCC(C)C)c(S(=O)(=O)OCC(C)C)c1. The number of hydrogen-bond acceptors (Lipinski definition) is 10. The number of nitrogens with zero attached hydrogens (tertiary/aromatic N) is 2. The van der Waals surface area contributed by atoms with Crippen molar-refractivity contribution in [1.29, 1.82) is 0 Å². The Morgan fingerprint density at radius 2 is 0.650 bits per heavy atom. The van der Waals surface area contributed by atoms with Gasteiger partial charge in [-0.05, 0) is 86.1 Å². The maximum absolute atomic E-state index is 13.4. The minimum absolute atomic E-state index is 0.0211. The molecule has 0 radical (unpaired) electrons. The molecule has 0 heterocycles. The van der Waals surface area contributed by atoms with Gasteiger partial charge in [-0.1, -0.05) is 104 Å². The second kappa shape index (κ2) is 21.1. The van der Waals surface area contributed by atoms with Crippen LogP contribution in [0.25, 0.3) is 22.3 Å². The van der Waals surface area contributed by atoms with Crippen molar-refractivity contribution in [3.63, 3.8) is 0 Å². The summed E-state index contributed by atoms with van der Waals surface area (Å²) in [6.07, 6.45) is 0. The minimum Gasteiger partial charge on any atom is -0.266 e. The Balaban J connectivity index is 0.000000320. The van der Waals surface area contributed by atoms with Gasteiger partial charge < -0.3 is 0 Å². The molecule has 60 heavy (non-hydrogen) atoms. The van der Waals surface area contributed by atoms with Gasteiger partial charge in [-0.2, -0.15) is 25.4 Å². The van der Waals surface area contributed by atoms with Crippen LogP contribution in [0.1, 0.15) is 77.6 Å². The average Bonchev–Trinajstić information content (AvgIpc) is 3.17. The van der Waals surface area contributed by atoms with Gasteiger partial charge in [0.1, 0.15) is 9.79 Å². The lowest BCUT2D eigenvalue weighted by atomic mass is 10.0. The Hall–Kier alpha value is -3.48. The molecule has 0 aliphatic rings. The zero-order valence-corrected chi connectivity index (χ0v) is 40.2. The van der Waals surface area contributed by atoms with E-state index in [2.05, 4.69) is 0 Å². The topological polar surface area (TPSA) is 162 Å². The minimum atomic E-state index is -4.09. The van der Waals surface area contributed by atoms with Crippen LogP contribution in [0.3, 0.4) is 0 Å². The molecular weight excluding hydrogens is 845 g/mol. The highest BCUT2D eigenvalue weighted by Gasteiger charge is 2.31. The summed E-state index contributed by atoms with van der Waals surface area (Å²) < 4.78 is 118. The zero-order valence-electron chi connectivity index (χ0n) is 36.9. The van der Waals surface area contributed by atoms with Gasteiger partial charge in [-0.15, -0.1) is 0 Å². The van der Waals surface area contributed by atoms with E-state index in [0.717, 1.165) is 22.3 Å². The molecule has 0 saturated carbocycles. The Morgan fingerprint density at radius 1 is 0.417 bits per heavy atom. The first-order chi connectivity index (χ1) is 27.9. The van der Waals surface area contributed by atoms with Crippen LogP contribution in [0.15, 0.2) is 92.4 Å². The third kappa shape index (κ3) is 12.3. The summed E-state index contributed by atoms with van der Waals surface area (Å²) in [5.74, 6) is 0.0422. The highest BCUT2D eigenvalue weighted by molar-refractivity contribution is 7.89. The highest BCUT2D eigenvalue weighted by Crippen LogP contribution is 2.37. The molecule has 0 aliphatic carbocycles. The van der Waals surface area contributed by atoms with Crippen LogP contribution in [0.5, 0.6) is 0 Å². The molecule has 0 fully saturated rings. The van der Waals surface area contributed by atoms with Crippen molar-refractivity contribution in [3.8, 4) is 22.3 Å². The average molecular weight is 907 g/mol. The third-order valence-electron chi connectivity index (χ3n) is 9.43. The van der Waals surface area contributed by atoms with Gasteiger partial charge >= 0.3 is 0 Å². The molecule has 0 saturated heterocycles. The predicted octanol–water partition coefficient (Wildman–Crippen LogP) is 8.72. The largest absolute Gasteiger partial charge is 0.297 e. The second-order valence-electron chi connectivity index (χ2n) is 15.4. The third-order valence-corrected chi connectivity index (χ3v) is 16.3. The zero-order chi connectivity index (χ0) is 45.4. The van der Waals surface area contributed by atoms with Gasteiger partial charge in [0.15, 0.2) is 0 Å². The van der Waals surface area contributed by atoms with Crippen LogP contribution in [-0.2, 0) is 48.6 Å². The molecule has 0 aliphatic heterocycles. The number of aryl methyl sites for hydroxylation is 4. The summed E-state index contributed by atoms with van der Waals surface area (Å²) in [5.41, 5.74) is 4.36. The molecule has 0 atom stereocenters. The molecule has 0 spiro atoms. The van der Waals surface area contributed by atoms with Crippen molar-refractivity contribution in [1.82, 2.24) is 8.61 Å². The van der Waals surface area contributed by atoms with Gasteiger partial charge in [0.25, 0.3) is 20.2 Å². The lowest BCUT2D eigenvalue weighted by molar-refractivity contribution is 0.274. The summed E-state index contributed by atoms with van der Waals surface area (Å²) in [7, 11) is -15.7. The van der Waals surface area contributed by atoms with Gasteiger partial charge in [-0.3, -0.25) is 8.37 Å². The van der Waals surface area contributed by atoms with Crippen LogP contribution >= 0.6 is 0 Å². The van der Waals surface area contributed by atoms with E-state index in [9.17, 15) is 33.7 Å². The van der Waals surface area contributed by atoms with E-state index in [1.54, 1.807) is 90.1 Å². The molecular formula is C44H62N2O10S4. The van der Waals surface area contributed by atoms with Crippen LogP contribution in [0.2, 0.25) is 0 Å². The van der Waals surface area contributed by atoms with E-state index in [4.69, 9.17) is 8.37 Å². The first kappa shape index (κ1) is 50.9. The van der Waals surface area contributed by atoms with Crippen LogP contribution in [0.4, 0.5) is 0 Å². The highest BCUT2D eigenvalue weighted by atomic mass is 32.2. The van der Waals surface area contributed by atoms with Crippen molar-refractivity contribution in [2.24, 2.45) is 11.8 Å². The van der Waals surface area contributed by atoms with Gasteiger partial charge in [0.05, 0.1) is 23.0 Å². The van der Waals surface area contributed by atoms with Crippen LogP contribution < -0.4 is 0 Å². The standard InChI is InChI=1S/C22H32N2O4S2.C22H30O6S2/c1-7-23(8-2)29(25,26)21-15-17(5)11-13-19(21)20-14-12-18(6)16-22(20)30(27,28)24(9-3)10-4;1-15(2)13-27-29(23,24)21-11-17(5)7-9-19(21)20-10-8-18(6)12-22(20)30(25,26)28-14-16(3)4/h11-16H,7-10H2,1-6H3;7-12,15-16H,13-14H2,1-6H3. The fourth-order valence-corrected chi connectivity index (χ4v) is 12.4. The van der Waals surface area contributed by atoms with E-state index >= 15 is 0 Å². The molecule has 16 heteroatoms. The fourth-order valence-electron chi connectivity index (χ4n) is 6.23. The van der Waals surface area contributed by atoms with Crippen molar-refractivity contribution < 1.29 is 42.0 Å². The molecule has 0 amide bonds. The van der Waals surface area contributed by atoms with E-state index in [1.807, 2.05) is 53.7 Å². The van der Waals surface area contributed by atoms with Gasteiger partial charge in [0, 0.05) is 48.4 Å². The van der Waals surface area contributed by atoms with Crippen molar-refractivity contribution >= 4 is 40.3 Å². The summed E-state index contributed by atoms with van der Waals surface area (Å²) in [6.45, 7) is 23.2. The van der Waals surface area contributed by atoms with E-state index < -0.39 is 40.3 Å². The molecule has 12 nitrogen and oxygen atoms in total. The van der Waals surface area contributed by atoms with Crippen LogP contribution in [-0.4, -0.2) is 81.7 Å². The number of benzene rings is 4. The summed E-state index contributed by atoms with van der Waals surface area (Å²) >= 11 is 0. The smallest absolute Gasteiger partial charge is 0.266 e. The van der Waals surface area contributed by atoms with Gasteiger partial charge in [-0.25, -0.2) is 16.8 Å². The first-order valence-electron chi connectivity index (χ1n) is 20.1. The summed E-state index contributed by atoms with van der Waals surface area (Å²) in [4.78, 5) is 0.136. The lowest BCUT2D eigenvalue weighted by Crippen LogP contribution is -2.32. The number of rotatable bonds is 18. The summed E-state index contributed by atoms with van der Waals surface area (Å²) in [5, 5.41) is 0. The number of hydrogen-bond donors (Lipinski definition) is 0. The molecule has 0 aromatic heterocycles. The summed E-state index contributed by atoms with van der Waals surface area (Å²) in [6, 6.07) is 20.0. The normalized spacial score (nSPS) is 12.7. The van der Waals surface area contributed by atoms with E-state index in [0.29, 0.717) is 37.3 Å². The molecule has 4 aromatic rings. The molecule has 4 aromatic carbocycles. The monoisotopic (exact) mass is 906 g/mol. The first-order valence-corrected chi connectivity index (χ1v) is 25.8. The lowest BCUT2D eigenvalue weighted by Gasteiger charge is -2.24. The fraction of sp³-hybridized carbons (Fsp3) is 0.455.